The van der Waals surface area contributed by atoms with Crippen molar-refractivity contribution in [1.29, 1.82) is 0 Å². The molecule has 0 spiro atoms. The molecule has 0 fully saturated rings. The minimum absolute atomic E-state index is 0.303. The second-order valence-electron chi connectivity index (χ2n) is 5.02. The van der Waals surface area contributed by atoms with Crippen LogP contribution in [0.2, 0.25) is 5.02 Å². The van der Waals surface area contributed by atoms with E-state index < -0.39 is 0 Å². The number of anilines is 1. The lowest BCUT2D eigenvalue weighted by Gasteiger charge is -2.10. The average Bonchev–Trinajstić information content (AvgIpc) is 3.06. The summed E-state index contributed by atoms with van der Waals surface area (Å²) in [6.45, 7) is 1.04. The quantitative estimate of drug-likeness (QED) is 0.747. The second-order valence-corrected chi connectivity index (χ2v) is 5.43. The van der Waals surface area contributed by atoms with Gasteiger partial charge in [-0.3, -0.25) is 4.98 Å². The summed E-state index contributed by atoms with van der Waals surface area (Å²) in [5.41, 5.74) is 1.37. The Hall–Kier alpha value is -2.86. The molecule has 3 rings (SSSR count). The zero-order valence-electron chi connectivity index (χ0n) is 12.8. The number of para-hydroxylation sites is 1. The first kappa shape index (κ1) is 16.0. The summed E-state index contributed by atoms with van der Waals surface area (Å²) in [5, 5.41) is 6.01. The smallest absolute Gasteiger partial charge is 0.319 e. The van der Waals surface area contributed by atoms with Gasteiger partial charge in [-0.15, -0.1) is 0 Å². The van der Waals surface area contributed by atoms with E-state index in [1.54, 1.807) is 24.5 Å². The zero-order chi connectivity index (χ0) is 16.8. The minimum atomic E-state index is -0.303. The maximum Gasteiger partial charge on any atom is 0.319 e. The van der Waals surface area contributed by atoms with Gasteiger partial charge in [0.15, 0.2) is 5.82 Å². The van der Waals surface area contributed by atoms with Crippen LogP contribution in [0, 0.1) is 0 Å². The third kappa shape index (κ3) is 3.91. The van der Waals surface area contributed by atoms with Gasteiger partial charge in [0.2, 0.25) is 0 Å². The summed E-state index contributed by atoms with van der Waals surface area (Å²) in [7, 11) is 0. The Morgan fingerprint density at radius 2 is 1.92 bits per heavy atom. The lowest BCUT2D eigenvalue weighted by molar-refractivity contribution is 0.251. The van der Waals surface area contributed by atoms with E-state index in [4.69, 9.17) is 11.6 Å². The molecule has 0 aliphatic heterocycles. The number of hydrogen-bond donors (Lipinski definition) is 2. The lowest BCUT2D eigenvalue weighted by atomic mass is 10.3. The summed E-state index contributed by atoms with van der Waals surface area (Å²) in [5.74, 6) is 0.768. The van der Waals surface area contributed by atoms with Gasteiger partial charge in [0.25, 0.3) is 0 Å². The number of urea groups is 1. The highest BCUT2D eigenvalue weighted by Crippen LogP contribution is 2.20. The zero-order valence-corrected chi connectivity index (χ0v) is 13.6. The van der Waals surface area contributed by atoms with Crippen molar-refractivity contribution in [3.05, 3.63) is 66.1 Å². The van der Waals surface area contributed by atoms with Crippen molar-refractivity contribution >= 4 is 23.3 Å². The largest absolute Gasteiger partial charge is 0.336 e. The number of carbonyl (C=O) groups is 1. The number of nitrogens with zero attached hydrogens (tertiary/aromatic N) is 3. The Morgan fingerprint density at radius 1 is 1.08 bits per heavy atom. The third-order valence-corrected chi connectivity index (χ3v) is 3.70. The molecule has 0 saturated carbocycles. The summed E-state index contributed by atoms with van der Waals surface area (Å²) in [6.07, 6.45) is 5.30. The normalized spacial score (nSPS) is 10.4. The van der Waals surface area contributed by atoms with Crippen LogP contribution in [-0.2, 0) is 6.54 Å². The number of hydrogen-bond acceptors (Lipinski definition) is 3. The highest BCUT2D eigenvalue weighted by Gasteiger charge is 2.08. The van der Waals surface area contributed by atoms with E-state index in [0.29, 0.717) is 23.8 Å². The molecule has 0 atom stereocenters. The van der Waals surface area contributed by atoms with E-state index in [1.165, 1.54) is 0 Å². The first-order valence-corrected chi connectivity index (χ1v) is 7.84. The van der Waals surface area contributed by atoms with Crippen molar-refractivity contribution in [1.82, 2.24) is 19.9 Å². The monoisotopic (exact) mass is 341 g/mol. The first-order valence-electron chi connectivity index (χ1n) is 7.46. The van der Waals surface area contributed by atoms with Crippen LogP contribution < -0.4 is 10.6 Å². The SMILES string of the molecule is O=C(NCCn1ccnc1-c1ccccn1)Nc1ccccc1Cl. The molecule has 0 radical (unpaired) electrons. The standard InChI is InChI=1S/C17H16ClN5O/c18-13-5-1-2-6-14(13)22-17(24)21-10-12-23-11-9-20-16(23)15-7-3-4-8-19-15/h1-9,11H,10,12H2,(H2,21,22,24). The third-order valence-electron chi connectivity index (χ3n) is 3.37. The number of halogens is 1. The van der Waals surface area contributed by atoms with E-state index >= 15 is 0 Å². The summed E-state index contributed by atoms with van der Waals surface area (Å²) in [6, 6.07) is 12.5. The number of benzene rings is 1. The van der Waals surface area contributed by atoms with Gasteiger partial charge in [-0.1, -0.05) is 29.8 Å². The highest BCUT2D eigenvalue weighted by atomic mass is 35.5. The minimum Gasteiger partial charge on any atom is -0.336 e. The van der Waals surface area contributed by atoms with E-state index in [-0.39, 0.29) is 6.03 Å². The average molecular weight is 342 g/mol. The number of amides is 2. The Labute approximate surface area is 144 Å². The fourth-order valence-corrected chi connectivity index (χ4v) is 2.42. The molecule has 2 aromatic heterocycles. The van der Waals surface area contributed by atoms with Gasteiger partial charge in [0.1, 0.15) is 5.69 Å². The molecule has 2 heterocycles. The summed E-state index contributed by atoms with van der Waals surface area (Å²) < 4.78 is 1.94. The molecule has 6 nitrogen and oxygen atoms in total. The van der Waals surface area contributed by atoms with Crippen LogP contribution in [0.1, 0.15) is 0 Å². The van der Waals surface area contributed by atoms with Crippen LogP contribution in [0.15, 0.2) is 61.1 Å². The van der Waals surface area contributed by atoms with Gasteiger partial charge in [-0.25, -0.2) is 9.78 Å². The fourth-order valence-electron chi connectivity index (χ4n) is 2.24. The molecule has 3 aromatic rings. The van der Waals surface area contributed by atoms with Gasteiger partial charge in [0.05, 0.1) is 10.7 Å². The van der Waals surface area contributed by atoms with Crippen molar-refractivity contribution < 1.29 is 4.79 Å². The van der Waals surface area contributed by atoms with E-state index in [0.717, 1.165) is 11.5 Å². The van der Waals surface area contributed by atoms with E-state index in [9.17, 15) is 4.79 Å². The Bertz CT molecular complexity index is 819. The molecule has 0 aliphatic rings. The van der Waals surface area contributed by atoms with Crippen molar-refractivity contribution in [2.24, 2.45) is 0 Å². The highest BCUT2D eigenvalue weighted by molar-refractivity contribution is 6.33. The molecule has 2 N–H and O–H groups in total. The van der Waals surface area contributed by atoms with Crippen LogP contribution in [0.4, 0.5) is 10.5 Å². The molecule has 0 aliphatic carbocycles. The fraction of sp³-hybridized carbons (Fsp3) is 0.118. The molecule has 24 heavy (non-hydrogen) atoms. The van der Waals surface area contributed by atoms with Crippen molar-refractivity contribution in [3.8, 4) is 11.5 Å². The number of carbonyl (C=O) groups excluding carboxylic acids is 1. The van der Waals surface area contributed by atoms with E-state index in [1.807, 2.05) is 41.1 Å². The maximum atomic E-state index is 11.9. The predicted molar refractivity (Wildman–Crippen MR) is 93.9 cm³/mol. The van der Waals surface area contributed by atoms with Gasteiger partial charge in [-0.2, -0.15) is 0 Å². The van der Waals surface area contributed by atoms with Crippen LogP contribution in [0.5, 0.6) is 0 Å². The number of nitrogens with one attached hydrogen (secondary N) is 2. The Morgan fingerprint density at radius 3 is 2.71 bits per heavy atom. The molecule has 2 amide bonds. The molecule has 0 saturated heterocycles. The Balaban J connectivity index is 1.55. The molecule has 0 bridgehead atoms. The number of rotatable bonds is 5. The number of imidazole rings is 1. The second kappa shape index (κ2) is 7.61. The molecule has 0 unspecified atom stereocenters. The van der Waals surface area contributed by atoms with Crippen LogP contribution in [0.3, 0.4) is 0 Å². The number of aromatic nitrogens is 3. The molecule has 7 heteroatoms. The lowest BCUT2D eigenvalue weighted by Crippen LogP contribution is -2.31. The molecule has 1 aromatic carbocycles. The Kier molecular flexibility index (Phi) is 5.08. The van der Waals surface area contributed by atoms with Crippen molar-refractivity contribution in [2.75, 3.05) is 11.9 Å². The molecule has 122 valence electrons. The van der Waals surface area contributed by atoms with Gasteiger partial charge in [0, 0.05) is 31.7 Å². The topological polar surface area (TPSA) is 71.8 Å². The molecular weight excluding hydrogens is 326 g/mol. The first-order chi connectivity index (χ1) is 11.7. The van der Waals surface area contributed by atoms with Crippen molar-refractivity contribution in [3.63, 3.8) is 0 Å². The van der Waals surface area contributed by atoms with E-state index in [2.05, 4.69) is 20.6 Å². The maximum absolute atomic E-state index is 11.9. The summed E-state index contributed by atoms with van der Waals surface area (Å²) in [4.78, 5) is 20.5. The van der Waals surface area contributed by atoms with Gasteiger partial charge < -0.3 is 15.2 Å². The molecular formula is C17H16ClN5O. The van der Waals surface area contributed by atoms with Crippen LogP contribution in [-0.4, -0.2) is 27.1 Å². The van der Waals surface area contributed by atoms with Crippen molar-refractivity contribution in [2.45, 2.75) is 6.54 Å². The van der Waals surface area contributed by atoms with Crippen LogP contribution >= 0.6 is 11.6 Å². The number of pyridine rings is 1. The van der Waals surface area contributed by atoms with Gasteiger partial charge >= 0.3 is 6.03 Å². The van der Waals surface area contributed by atoms with Crippen LogP contribution in [0.25, 0.3) is 11.5 Å². The summed E-state index contributed by atoms with van der Waals surface area (Å²) >= 11 is 6.01. The van der Waals surface area contributed by atoms with Gasteiger partial charge in [-0.05, 0) is 24.3 Å². The predicted octanol–water partition coefficient (Wildman–Crippen LogP) is 3.42.